The van der Waals surface area contributed by atoms with Crippen LogP contribution in [0, 0.1) is 6.57 Å². The van der Waals surface area contributed by atoms with Gasteiger partial charge < -0.3 is 10.1 Å². The summed E-state index contributed by atoms with van der Waals surface area (Å²) >= 11 is 0. The van der Waals surface area contributed by atoms with Crippen LogP contribution in [0.3, 0.4) is 0 Å². The lowest BCUT2D eigenvalue weighted by Crippen LogP contribution is -2.50. The molecule has 1 atom stereocenters. The molecule has 0 aliphatic carbocycles. The van der Waals surface area contributed by atoms with Crippen molar-refractivity contribution in [1.82, 2.24) is 15.0 Å². The second kappa shape index (κ2) is 8.58. The van der Waals surface area contributed by atoms with Crippen LogP contribution in [-0.2, 0) is 11.8 Å². The van der Waals surface area contributed by atoms with Crippen molar-refractivity contribution in [2.45, 2.75) is 43.9 Å². The summed E-state index contributed by atoms with van der Waals surface area (Å²) in [6.45, 7) is 10.4. The minimum Gasteiger partial charge on any atom is -0.380 e. The fourth-order valence-electron chi connectivity index (χ4n) is 4.20. The third kappa shape index (κ3) is 4.66. The first-order valence-corrected chi connectivity index (χ1v) is 10.7. The van der Waals surface area contributed by atoms with E-state index in [0.717, 1.165) is 5.56 Å². The number of aromatic amines is 1. The van der Waals surface area contributed by atoms with E-state index >= 15 is 0 Å². The van der Waals surface area contributed by atoms with Crippen LogP contribution in [0.5, 0.6) is 0 Å². The van der Waals surface area contributed by atoms with E-state index in [2.05, 4.69) is 19.8 Å². The number of alkyl halides is 3. The summed E-state index contributed by atoms with van der Waals surface area (Å²) in [6.07, 6.45) is -4.54. The second-order valence-corrected chi connectivity index (χ2v) is 9.08. The summed E-state index contributed by atoms with van der Waals surface area (Å²) in [5, 5.41) is 10.9. The molecule has 5 nitrogen and oxygen atoms in total. The largest absolute Gasteiger partial charge is 0.417 e. The zero-order valence-electron chi connectivity index (χ0n) is 18.7. The van der Waals surface area contributed by atoms with Crippen molar-refractivity contribution >= 4 is 16.7 Å². The van der Waals surface area contributed by atoms with Crippen LogP contribution in [0.4, 0.5) is 18.9 Å². The number of H-pyrrole nitrogens is 1. The van der Waals surface area contributed by atoms with Crippen molar-refractivity contribution < 1.29 is 18.3 Å². The van der Waals surface area contributed by atoms with Gasteiger partial charge in [-0.3, -0.25) is 0 Å². The average molecular weight is 464 g/mol. The molecule has 2 heterocycles. The Bertz CT molecular complexity index is 1340. The molecule has 0 fully saturated rings. The molecule has 2 aromatic heterocycles. The van der Waals surface area contributed by atoms with Gasteiger partial charge >= 0.3 is 6.18 Å². The highest BCUT2D eigenvalue weighted by Gasteiger charge is 2.56. The highest BCUT2D eigenvalue weighted by atomic mass is 19.4. The third-order valence-electron chi connectivity index (χ3n) is 5.98. The van der Waals surface area contributed by atoms with Crippen molar-refractivity contribution in [1.29, 1.82) is 0 Å². The van der Waals surface area contributed by atoms with E-state index in [1.54, 1.807) is 38.1 Å². The van der Waals surface area contributed by atoms with E-state index in [-0.39, 0.29) is 5.69 Å². The molecule has 0 bridgehead atoms. The van der Waals surface area contributed by atoms with Gasteiger partial charge in [0.1, 0.15) is 0 Å². The minimum absolute atomic E-state index is 0.216. The number of hydrogen-bond acceptors (Lipinski definition) is 3. The summed E-state index contributed by atoms with van der Waals surface area (Å²) < 4.78 is 42.5. The average Bonchev–Trinajstić information content (AvgIpc) is 3.19. The Balaban J connectivity index is 1.64. The molecule has 4 aromatic rings. The van der Waals surface area contributed by atoms with Gasteiger partial charge in [-0.2, -0.15) is 13.2 Å². The van der Waals surface area contributed by atoms with E-state index in [1.165, 1.54) is 12.3 Å². The van der Waals surface area contributed by atoms with Crippen molar-refractivity contribution in [2.75, 3.05) is 0 Å². The maximum Gasteiger partial charge on any atom is 0.417 e. The third-order valence-corrected chi connectivity index (χ3v) is 5.98. The molecule has 0 saturated heterocycles. The molecule has 174 valence electrons. The molecule has 4 rings (SSSR count). The van der Waals surface area contributed by atoms with Gasteiger partial charge in [0.15, 0.2) is 17.1 Å². The molecular weight excluding hydrogens is 441 g/mol. The Kier molecular flexibility index (Phi) is 5.92. The fourth-order valence-corrected chi connectivity index (χ4v) is 4.20. The van der Waals surface area contributed by atoms with Crippen LogP contribution in [0.2, 0.25) is 0 Å². The Morgan fingerprint density at radius 1 is 1.03 bits per heavy atom. The number of rotatable bonds is 6. The quantitative estimate of drug-likeness (QED) is 0.326. The zero-order chi connectivity index (χ0) is 24.6. The molecule has 34 heavy (non-hydrogen) atoms. The number of benzene rings is 2. The zero-order valence-corrected chi connectivity index (χ0v) is 18.7. The first-order chi connectivity index (χ1) is 16.0. The van der Waals surface area contributed by atoms with Crippen LogP contribution in [0.25, 0.3) is 27.3 Å². The predicted octanol–water partition coefficient (Wildman–Crippen LogP) is 6.38. The van der Waals surface area contributed by atoms with Gasteiger partial charge in [-0.25, -0.2) is 14.8 Å². The van der Waals surface area contributed by atoms with Crippen LogP contribution in [-0.4, -0.2) is 31.8 Å². The molecule has 1 unspecified atom stereocenters. The number of nitrogens with zero attached hydrogens (tertiary/aromatic N) is 3. The molecule has 0 saturated carbocycles. The molecule has 8 heteroatoms. The monoisotopic (exact) mass is 464 g/mol. The van der Waals surface area contributed by atoms with Gasteiger partial charge in [-0.05, 0) is 23.5 Å². The second-order valence-electron chi connectivity index (χ2n) is 9.08. The lowest BCUT2D eigenvalue weighted by atomic mass is 9.73. The molecule has 0 aliphatic rings. The molecule has 0 aliphatic heterocycles. The molecule has 2 N–H and O–H groups in total. The lowest BCUT2D eigenvalue weighted by molar-refractivity contribution is -0.266. The highest BCUT2D eigenvalue weighted by Crippen LogP contribution is 2.43. The van der Waals surface area contributed by atoms with Crippen molar-refractivity contribution in [2.24, 2.45) is 0 Å². The van der Waals surface area contributed by atoms with Crippen molar-refractivity contribution in [3.63, 3.8) is 0 Å². The number of fused-ring (bicyclic) bond motifs is 1. The van der Waals surface area contributed by atoms with E-state index < -0.39 is 30.0 Å². The number of nitrogens with one attached hydrogen (secondary N) is 1. The molecule has 0 amide bonds. The van der Waals surface area contributed by atoms with Gasteiger partial charge in [0.25, 0.3) is 0 Å². The Hall–Kier alpha value is -3.70. The standard InChI is InChI=1S/C26H23F3N4O/c1-24(2,18-9-11-19(30-3)12-10-18)16-25(34,26(27,28)29)14-20-13-21-22(32-20)15-31-23(33-21)17-7-5-4-6-8-17/h4-13,15,32,34H,14,16H2,1-2H3. The summed E-state index contributed by atoms with van der Waals surface area (Å²) in [5.74, 6) is 0.466. The number of aromatic nitrogens is 3. The number of halogens is 3. The topological polar surface area (TPSA) is 66.2 Å². The number of hydrogen-bond donors (Lipinski definition) is 2. The molecule has 2 aromatic carbocycles. The van der Waals surface area contributed by atoms with Gasteiger partial charge in [-0.1, -0.05) is 68.4 Å². The lowest BCUT2D eigenvalue weighted by Gasteiger charge is -2.38. The number of aliphatic hydroxyl groups is 1. The van der Waals surface area contributed by atoms with E-state index in [1.807, 2.05) is 30.3 Å². The normalized spacial score (nSPS) is 14.0. The SMILES string of the molecule is [C-]#[N+]c1ccc(C(C)(C)CC(O)(Cc2cc3nc(-c4ccccc4)ncc3[nH]2)C(F)(F)F)cc1. The van der Waals surface area contributed by atoms with Crippen LogP contribution in [0.1, 0.15) is 31.5 Å². The fraction of sp³-hybridized carbons (Fsp3) is 0.269. The first kappa shape index (κ1) is 23.5. The van der Waals surface area contributed by atoms with E-state index in [9.17, 15) is 18.3 Å². The maximum absolute atomic E-state index is 14.2. The predicted molar refractivity (Wildman–Crippen MR) is 124 cm³/mol. The molecule has 0 radical (unpaired) electrons. The summed E-state index contributed by atoms with van der Waals surface area (Å²) in [4.78, 5) is 15.0. The van der Waals surface area contributed by atoms with Crippen LogP contribution >= 0.6 is 0 Å². The van der Waals surface area contributed by atoms with E-state index in [4.69, 9.17) is 6.57 Å². The molecular formula is C26H23F3N4O. The Morgan fingerprint density at radius 2 is 1.71 bits per heavy atom. The van der Waals surface area contributed by atoms with E-state index in [0.29, 0.717) is 28.1 Å². The summed E-state index contributed by atoms with van der Waals surface area (Å²) in [6, 6.07) is 17.2. The Morgan fingerprint density at radius 3 is 2.32 bits per heavy atom. The van der Waals surface area contributed by atoms with Gasteiger partial charge in [0, 0.05) is 17.7 Å². The highest BCUT2D eigenvalue weighted by molar-refractivity contribution is 5.77. The minimum atomic E-state index is -4.86. The van der Waals surface area contributed by atoms with Crippen LogP contribution in [0.15, 0.2) is 66.9 Å². The Labute approximate surface area is 195 Å². The van der Waals surface area contributed by atoms with Gasteiger partial charge in [-0.15, -0.1) is 0 Å². The maximum atomic E-state index is 14.2. The van der Waals surface area contributed by atoms with Crippen molar-refractivity contribution in [3.05, 3.63) is 89.5 Å². The summed E-state index contributed by atoms with van der Waals surface area (Å²) in [5.41, 5.74) is -0.992. The van der Waals surface area contributed by atoms with Crippen LogP contribution < -0.4 is 0 Å². The van der Waals surface area contributed by atoms with Gasteiger partial charge in [0.2, 0.25) is 0 Å². The van der Waals surface area contributed by atoms with Gasteiger partial charge in [0.05, 0.1) is 23.8 Å². The smallest absolute Gasteiger partial charge is 0.380 e. The summed E-state index contributed by atoms with van der Waals surface area (Å²) in [7, 11) is 0. The van der Waals surface area contributed by atoms with Crippen molar-refractivity contribution in [3.8, 4) is 11.4 Å². The first-order valence-electron chi connectivity index (χ1n) is 10.7. The molecule has 0 spiro atoms.